The van der Waals surface area contributed by atoms with Crippen LogP contribution in [0.2, 0.25) is 0 Å². The fourth-order valence-corrected chi connectivity index (χ4v) is 3.16. The Labute approximate surface area is 120 Å². The molecule has 0 unspecified atom stereocenters. The highest BCUT2D eigenvalue weighted by Crippen LogP contribution is 2.43. The van der Waals surface area contributed by atoms with Gasteiger partial charge >= 0.3 is 0 Å². The van der Waals surface area contributed by atoms with Gasteiger partial charge in [0.2, 0.25) is 11.8 Å². The first-order valence-corrected chi connectivity index (χ1v) is 7.53. The molecule has 114 valence electrons. The van der Waals surface area contributed by atoms with Gasteiger partial charge in [0.25, 0.3) is 0 Å². The lowest BCUT2D eigenvalue weighted by Gasteiger charge is -2.41. The lowest BCUT2D eigenvalue weighted by molar-refractivity contribution is -0.135. The van der Waals surface area contributed by atoms with Crippen molar-refractivity contribution < 1.29 is 9.59 Å². The monoisotopic (exact) mass is 282 g/mol. The summed E-state index contributed by atoms with van der Waals surface area (Å²) in [7, 11) is 0. The molecule has 2 fully saturated rings. The highest BCUT2D eigenvalue weighted by atomic mass is 16.2. The third-order valence-electron chi connectivity index (χ3n) is 4.69. The van der Waals surface area contributed by atoms with Gasteiger partial charge in [0.05, 0.1) is 6.54 Å². The van der Waals surface area contributed by atoms with Gasteiger partial charge in [-0.15, -0.1) is 0 Å². The Hall–Kier alpha value is -1.14. The molecule has 0 radical (unpaired) electrons. The van der Waals surface area contributed by atoms with Crippen LogP contribution in [0.1, 0.15) is 32.1 Å². The van der Waals surface area contributed by atoms with Crippen molar-refractivity contribution in [2.75, 3.05) is 39.3 Å². The molecule has 0 aromatic rings. The van der Waals surface area contributed by atoms with E-state index in [0.717, 1.165) is 38.9 Å². The molecule has 20 heavy (non-hydrogen) atoms. The van der Waals surface area contributed by atoms with Gasteiger partial charge in [0.1, 0.15) is 0 Å². The van der Waals surface area contributed by atoms with Crippen molar-refractivity contribution in [3.05, 3.63) is 0 Å². The van der Waals surface area contributed by atoms with Crippen molar-refractivity contribution in [3.63, 3.8) is 0 Å². The van der Waals surface area contributed by atoms with E-state index in [-0.39, 0.29) is 23.8 Å². The van der Waals surface area contributed by atoms with Crippen molar-refractivity contribution in [1.82, 2.24) is 9.80 Å². The number of carbonyl (C=O) groups excluding carboxylic acids is 2. The molecule has 0 aromatic heterocycles. The Morgan fingerprint density at radius 2 is 1.80 bits per heavy atom. The Morgan fingerprint density at radius 1 is 1.05 bits per heavy atom. The van der Waals surface area contributed by atoms with E-state index in [1.807, 2.05) is 9.80 Å². The number of nitrogens with zero attached hydrogens (tertiary/aromatic N) is 2. The topological polar surface area (TPSA) is 92.7 Å². The number of carbonyl (C=O) groups is 2. The molecule has 0 bridgehead atoms. The summed E-state index contributed by atoms with van der Waals surface area (Å²) in [4.78, 5) is 27.3. The van der Waals surface area contributed by atoms with Crippen molar-refractivity contribution in [2.24, 2.45) is 16.9 Å². The number of hydrogen-bond donors (Lipinski definition) is 2. The minimum Gasteiger partial charge on any atom is -0.369 e. The van der Waals surface area contributed by atoms with Crippen molar-refractivity contribution in [3.8, 4) is 0 Å². The average Bonchev–Trinajstić information content (AvgIpc) is 2.58. The van der Waals surface area contributed by atoms with E-state index in [1.54, 1.807) is 0 Å². The van der Waals surface area contributed by atoms with Crippen LogP contribution in [-0.2, 0) is 9.59 Å². The van der Waals surface area contributed by atoms with Gasteiger partial charge < -0.3 is 16.4 Å². The Bertz CT molecular complexity index is 363. The molecule has 4 N–H and O–H groups in total. The minimum atomic E-state index is -0.304. The van der Waals surface area contributed by atoms with Gasteiger partial charge in [-0.25, -0.2) is 0 Å². The van der Waals surface area contributed by atoms with Gasteiger partial charge in [-0.2, -0.15) is 0 Å². The first-order chi connectivity index (χ1) is 9.54. The normalized spacial score (nSPS) is 22.9. The molecule has 1 heterocycles. The van der Waals surface area contributed by atoms with Gasteiger partial charge in [0, 0.05) is 32.6 Å². The van der Waals surface area contributed by atoms with Crippen LogP contribution in [-0.4, -0.2) is 60.9 Å². The summed E-state index contributed by atoms with van der Waals surface area (Å²) in [6, 6.07) is 0. The highest BCUT2D eigenvalue weighted by molar-refractivity contribution is 5.77. The average molecular weight is 282 g/mol. The molecular formula is C14H26N4O2. The Morgan fingerprint density at radius 3 is 2.35 bits per heavy atom. The molecule has 1 saturated carbocycles. The molecule has 2 rings (SSSR count). The summed E-state index contributed by atoms with van der Waals surface area (Å²) >= 11 is 0. The van der Waals surface area contributed by atoms with E-state index in [1.165, 1.54) is 6.42 Å². The van der Waals surface area contributed by atoms with Crippen LogP contribution in [0.25, 0.3) is 0 Å². The number of primary amides is 1. The van der Waals surface area contributed by atoms with E-state index >= 15 is 0 Å². The third kappa shape index (κ3) is 3.70. The SMILES string of the molecule is NCC1(CC(=O)N2CCCN(CC(N)=O)CC2)CCC1. The predicted octanol–water partition coefficient (Wildman–Crippen LogP) is -0.475. The molecular weight excluding hydrogens is 256 g/mol. The lowest BCUT2D eigenvalue weighted by Crippen LogP contribution is -2.44. The van der Waals surface area contributed by atoms with E-state index in [9.17, 15) is 9.59 Å². The summed E-state index contributed by atoms with van der Waals surface area (Å²) in [5.74, 6) is -0.0857. The van der Waals surface area contributed by atoms with E-state index < -0.39 is 0 Å². The summed E-state index contributed by atoms with van der Waals surface area (Å²) < 4.78 is 0. The molecule has 1 saturated heterocycles. The van der Waals surface area contributed by atoms with Gasteiger partial charge in [-0.1, -0.05) is 6.42 Å². The first kappa shape index (κ1) is 15.3. The van der Waals surface area contributed by atoms with Crippen molar-refractivity contribution >= 4 is 11.8 Å². The maximum Gasteiger partial charge on any atom is 0.231 e. The molecule has 0 aromatic carbocycles. The van der Waals surface area contributed by atoms with Gasteiger partial charge in [-0.3, -0.25) is 14.5 Å². The molecule has 2 amide bonds. The van der Waals surface area contributed by atoms with Crippen LogP contribution in [0.5, 0.6) is 0 Å². The zero-order valence-electron chi connectivity index (χ0n) is 12.1. The van der Waals surface area contributed by atoms with Gasteiger partial charge in [0.15, 0.2) is 0 Å². The van der Waals surface area contributed by atoms with Crippen molar-refractivity contribution in [1.29, 1.82) is 0 Å². The maximum absolute atomic E-state index is 12.4. The summed E-state index contributed by atoms with van der Waals surface area (Å²) in [6.45, 7) is 3.91. The van der Waals surface area contributed by atoms with E-state index in [2.05, 4.69) is 0 Å². The number of nitrogens with two attached hydrogens (primary N) is 2. The lowest BCUT2D eigenvalue weighted by atomic mass is 9.66. The zero-order chi connectivity index (χ0) is 14.6. The summed E-state index contributed by atoms with van der Waals surface area (Å²) in [5.41, 5.74) is 11.1. The fourth-order valence-electron chi connectivity index (χ4n) is 3.16. The second-order valence-corrected chi connectivity index (χ2v) is 6.21. The maximum atomic E-state index is 12.4. The largest absolute Gasteiger partial charge is 0.369 e. The van der Waals surface area contributed by atoms with Crippen LogP contribution in [0, 0.1) is 5.41 Å². The van der Waals surface area contributed by atoms with E-state index in [0.29, 0.717) is 19.5 Å². The van der Waals surface area contributed by atoms with Gasteiger partial charge in [-0.05, 0) is 31.2 Å². The molecule has 1 aliphatic carbocycles. The number of amides is 2. The molecule has 2 aliphatic rings. The van der Waals surface area contributed by atoms with Crippen LogP contribution in [0.15, 0.2) is 0 Å². The molecule has 0 atom stereocenters. The second-order valence-electron chi connectivity index (χ2n) is 6.21. The minimum absolute atomic E-state index is 0.0658. The first-order valence-electron chi connectivity index (χ1n) is 7.53. The summed E-state index contributed by atoms with van der Waals surface area (Å²) in [5, 5.41) is 0. The van der Waals surface area contributed by atoms with Crippen LogP contribution in [0.3, 0.4) is 0 Å². The molecule has 6 nitrogen and oxygen atoms in total. The molecule has 1 aliphatic heterocycles. The molecule has 0 spiro atoms. The quantitative estimate of drug-likeness (QED) is 0.712. The van der Waals surface area contributed by atoms with E-state index in [4.69, 9.17) is 11.5 Å². The Kier molecular flexibility index (Phi) is 4.99. The number of hydrogen-bond acceptors (Lipinski definition) is 4. The third-order valence-corrected chi connectivity index (χ3v) is 4.69. The molecule has 6 heteroatoms. The van der Waals surface area contributed by atoms with Crippen LogP contribution < -0.4 is 11.5 Å². The second kappa shape index (κ2) is 6.54. The summed E-state index contributed by atoms with van der Waals surface area (Å²) in [6.07, 6.45) is 4.83. The Balaban J connectivity index is 1.83. The number of rotatable bonds is 5. The fraction of sp³-hybridized carbons (Fsp3) is 0.857. The smallest absolute Gasteiger partial charge is 0.231 e. The standard InChI is InChI=1S/C14H26N4O2/c15-11-14(3-1-4-14)9-13(20)18-6-2-5-17(7-8-18)10-12(16)19/h1-11,15H2,(H2,16,19). The predicted molar refractivity (Wildman–Crippen MR) is 76.8 cm³/mol. The van der Waals surface area contributed by atoms with Crippen molar-refractivity contribution in [2.45, 2.75) is 32.1 Å². The highest BCUT2D eigenvalue weighted by Gasteiger charge is 2.38. The van der Waals surface area contributed by atoms with Crippen LogP contribution in [0.4, 0.5) is 0 Å². The zero-order valence-corrected chi connectivity index (χ0v) is 12.1. The van der Waals surface area contributed by atoms with Crippen LogP contribution >= 0.6 is 0 Å².